The molecule has 0 aliphatic carbocycles. The second kappa shape index (κ2) is 8.52. The lowest BCUT2D eigenvalue weighted by atomic mass is 10.1. The molecule has 1 aromatic carbocycles. The van der Waals surface area contributed by atoms with Gasteiger partial charge in [0.15, 0.2) is 11.5 Å². The minimum Gasteiger partial charge on any atom is -0.454 e. The fraction of sp³-hybridized carbons (Fsp3) is 0.400. The smallest absolute Gasteiger partial charge is 0.408 e. The standard InChI is InChI=1S/C20H24N2O5S/c1-20(2,3)27-19(24)22-15(10-14-5-4-8-28-14)18(23)21-11-13-6-7-16-17(9-13)26-12-25-16/h4-9,15H,10-12H2,1-3H3,(H,21,23)(H,22,24)/t15-/m0/s1. The van der Waals surface area contributed by atoms with E-state index in [0.717, 1.165) is 10.4 Å². The zero-order valence-electron chi connectivity index (χ0n) is 16.1. The van der Waals surface area contributed by atoms with Crippen LogP contribution < -0.4 is 20.1 Å². The van der Waals surface area contributed by atoms with Crippen molar-refractivity contribution >= 4 is 23.3 Å². The van der Waals surface area contributed by atoms with Crippen LogP contribution in [0.4, 0.5) is 4.79 Å². The van der Waals surface area contributed by atoms with Crippen molar-refractivity contribution in [3.63, 3.8) is 0 Å². The average Bonchev–Trinajstić information content (AvgIpc) is 3.28. The normalized spacial score (nSPS) is 13.7. The molecule has 2 heterocycles. The summed E-state index contributed by atoms with van der Waals surface area (Å²) in [5.74, 6) is 1.07. The van der Waals surface area contributed by atoms with Gasteiger partial charge in [0.2, 0.25) is 12.7 Å². The van der Waals surface area contributed by atoms with Crippen molar-refractivity contribution in [3.8, 4) is 11.5 Å². The van der Waals surface area contributed by atoms with Crippen LogP contribution in [-0.4, -0.2) is 30.4 Å². The van der Waals surface area contributed by atoms with Gasteiger partial charge in [-0.15, -0.1) is 11.3 Å². The van der Waals surface area contributed by atoms with Gasteiger partial charge in [-0.25, -0.2) is 4.79 Å². The molecule has 0 radical (unpaired) electrons. The average molecular weight is 404 g/mol. The lowest BCUT2D eigenvalue weighted by Crippen LogP contribution is -2.49. The van der Waals surface area contributed by atoms with Gasteiger partial charge in [-0.3, -0.25) is 4.79 Å². The summed E-state index contributed by atoms with van der Waals surface area (Å²) < 4.78 is 15.9. The number of carbonyl (C=O) groups is 2. The number of fused-ring (bicyclic) bond motifs is 1. The second-order valence-corrected chi connectivity index (χ2v) is 8.42. The minimum atomic E-state index is -0.734. The van der Waals surface area contributed by atoms with Gasteiger partial charge in [-0.05, 0) is 49.9 Å². The Balaban J connectivity index is 1.62. The number of amides is 2. The largest absolute Gasteiger partial charge is 0.454 e. The number of thiophene rings is 1. The van der Waals surface area contributed by atoms with Crippen LogP contribution in [0.5, 0.6) is 11.5 Å². The van der Waals surface area contributed by atoms with Crippen molar-refractivity contribution in [2.24, 2.45) is 0 Å². The van der Waals surface area contributed by atoms with Gasteiger partial charge >= 0.3 is 6.09 Å². The highest BCUT2D eigenvalue weighted by atomic mass is 32.1. The van der Waals surface area contributed by atoms with Crippen LogP contribution in [-0.2, 0) is 22.5 Å². The van der Waals surface area contributed by atoms with Crippen LogP contribution >= 0.6 is 11.3 Å². The molecular weight excluding hydrogens is 380 g/mol. The van der Waals surface area contributed by atoms with Crippen molar-refractivity contribution in [3.05, 3.63) is 46.2 Å². The maximum Gasteiger partial charge on any atom is 0.408 e. The quantitative estimate of drug-likeness (QED) is 0.772. The number of benzene rings is 1. The van der Waals surface area contributed by atoms with Crippen molar-refractivity contribution in [2.45, 2.75) is 45.4 Å². The molecule has 150 valence electrons. The number of hydrogen-bond donors (Lipinski definition) is 2. The van der Waals surface area contributed by atoms with Crippen LogP contribution in [0.15, 0.2) is 35.7 Å². The summed E-state index contributed by atoms with van der Waals surface area (Å²) in [6.07, 6.45) is -0.226. The Morgan fingerprint density at radius 3 is 2.71 bits per heavy atom. The highest BCUT2D eigenvalue weighted by Crippen LogP contribution is 2.32. The highest BCUT2D eigenvalue weighted by Gasteiger charge is 2.25. The Bertz CT molecular complexity index is 830. The van der Waals surface area contributed by atoms with E-state index < -0.39 is 17.7 Å². The molecule has 28 heavy (non-hydrogen) atoms. The number of ether oxygens (including phenoxy) is 3. The molecule has 0 bridgehead atoms. The Labute approximate surface area is 168 Å². The molecule has 1 atom stereocenters. The van der Waals surface area contributed by atoms with Crippen molar-refractivity contribution in [1.29, 1.82) is 0 Å². The fourth-order valence-corrected chi connectivity index (χ4v) is 3.40. The predicted molar refractivity (Wildman–Crippen MR) is 106 cm³/mol. The number of nitrogens with one attached hydrogen (secondary N) is 2. The number of rotatable bonds is 6. The summed E-state index contributed by atoms with van der Waals surface area (Å²) >= 11 is 1.53. The van der Waals surface area contributed by atoms with Crippen LogP contribution in [0, 0.1) is 0 Å². The van der Waals surface area contributed by atoms with Gasteiger partial charge in [0, 0.05) is 17.8 Å². The molecule has 0 fully saturated rings. The van der Waals surface area contributed by atoms with Gasteiger partial charge in [0.05, 0.1) is 0 Å². The maximum absolute atomic E-state index is 12.7. The first-order valence-corrected chi connectivity index (χ1v) is 9.86. The molecule has 0 saturated carbocycles. The Kier molecular flexibility index (Phi) is 6.08. The van der Waals surface area contributed by atoms with Gasteiger partial charge in [-0.2, -0.15) is 0 Å². The number of hydrogen-bond acceptors (Lipinski definition) is 6. The first-order chi connectivity index (χ1) is 13.3. The monoisotopic (exact) mass is 404 g/mol. The summed E-state index contributed by atoms with van der Waals surface area (Å²) in [6, 6.07) is 8.62. The topological polar surface area (TPSA) is 85.9 Å². The third-order valence-corrected chi connectivity index (χ3v) is 4.80. The SMILES string of the molecule is CC(C)(C)OC(=O)N[C@@H](Cc1cccs1)C(=O)NCc1ccc2c(c1)OCO2. The molecule has 1 aliphatic heterocycles. The maximum atomic E-state index is 12.7. The summed E-state index contributed by atoms with van der Waals surface area (Å²) in [5.41, 5.74) is 0.241. The number of carbonyl (C=O) groups excluding carboxylic acids is 2. The first kappa shape index (κ1) is 20.0. The first-order valence-electron chi connectivity index (χ1n) is 8.98. The lowest BCUT2D eigenvalue weighted by molar-refractivity contribution is -0.123. The Hall–Kier alpha value is -2.74. The van der Waals surface area contributed by atoms with E-state index in [1.54, 1.807) is 20.8 Å². The summed E-state index contributed by atoms with van der Waals surface area (Å²) in [7, 11) is 0. The Morgan fingerprint density at radius 1 is 1.21 bits per heavy atom. The van der Waals surface area contributed by atoms with E-state index in [2.05, 4.69) is 10.6 Å². The van der Waals surface area contributed by atoms with Crippen molar-refractivity contribution in [2.75, 3.05) is 6.79 Å². The van der Waals surface area contributed by atoms with Crippen LogP contribution in [0.1, 0.15) is 31.2 Å². The molecule has 1 aliphatic rings. The van der Waals surface area contributed by atoms with E-state index in [-0.39, 0.29) is 12.7 Å². The van der Waals surface area contributed by atoms with E-state index in [4.69, 9.17) is 14.2 Å². The van der Waals surface area contributed by atoms with Gasteiger partial charge in [0.1, 0.15) is 11.6 Å². The van der Waals surface area contributed by atoms with Crippen LogP contribution in [0.25, 0.3) is 0 Å². The summed E-state index contributed by atoms with van der Waals surface area (Å²) in [5, 5.41) is 7.48. The van der Waals surface area contributed by atoms with Gasteiger partial charge in [-0.1, -0.05) is 12.1 Å². The van der Waals surface area contributed by atoms with Gasteiger partial charge in [0.25, 0.3) is 0 Å². The summed E-state index contributed by atoms with van der Waals surface area (Å²) in [6.45, 7) is 5.85. The molecule has 2 N–H and O–H groups in total. The molecule has 0 unspecified atom stereocenters. The molecule has 3 rings (SSSR count). The molecule has 1 aromatic heterocycles. The molecule has 2 amide bonds. The highest BCUT2D eigenvalue weighted by molar-refractivity contribution is 7.09. The fourth-order valence-electron chi connectivity index (χ4n) is 2.65. The third-order valence-electron chi connectivity index (χ3n) is 3.90. The zero-order chi connectivity index (χ0) is 20.1. The lowest BCUT2D eigenvalue weighted by Gasteiger charge is -2.23. The van der Waals surface area contributed by atoms with Crippen LogP contribution in [0.2, 0.25) is 0 Å². The predicted octanol–water partition coefficient (Wildman–Crippen LogP) is 3.23. The second-order valence-electron chi connectivity index (χ2n) is 7.39. The van der Waals surface area contributed by atoms with E-state index in [9.17, 15) is 9.59 Å². The van der Waals surface area contributed by atoms with E-state index in [1.807, 2.05) is 35.7 Å². The van der Waals surface area contributed by atoms with Crippen LogP contribution in [0.3, 0.4) is 0 Å². The van der Waals surface area contributed by atoms with E-state index in [0.29, 0.717) is 24.5 Å². The molecular formula is C20H24N2O5S. The molecule has 0 saturated heterocycles. The van der Waals surface area contributed by atoms with E-state index in [1.165, 1.54) is 11.3 Å². The Morgan fingerprint density at radius 2 is 2.00 bits per heavy atom. The third kappa shape index (κ3) is 5.63. The van der Waals surface area contributed by atoms with Crippen molar-refractivity contribution in [1.82, 2.24) is 10.6 Å². The molecule has 7 nitrogen and oxygen atoms in total. The van der Waals surface area contributed by atoms with Gasteiger partial charge < -0.3 is 24.8 Å². The molecule has 2 aromatic rings. The van der Waals surface area contributed by atoms with Crippen molar-refractivity contribution < 1.29 is 23.8 Å². The minimum absolute atomic E-state index is 0.202. The molecule has 8 heteroatoms. The summed E-state index contributed by atoms with van der Waals surface area (Å²) in [4.78, 5) is 25.9. The molecule has 0 spiro atoms. The zero-order valence-corrected chi connectivity index (χ0v) is 16.9. The number of alkyl carbamates (subject to hydrolysis) is 1. The van der Waals surface area contributed by atoms with E-state index >= 15 is 0 Å².